The second-order valence-electron chi connectivity index (χ2n) is 7.07. The standard InChI is InChI=1S/C22H26N6O5/c23-28-26-6-8-32-10-12-33-11-9-31-7-5-25-22(30)20-14-17(3-4-24-20)16-1-2-18-15-21(29)27-19(18)13-16/h1-4,13-14H,5-12,15H2,(H,25,30)(H,27,29). The Hall–Kier alpha value is -3.50. The number of carbonyl (C=O) groups is 2. The first-order valence-electron chi connectivity index (χ1n) is 10.6. The maximum absolute atomic E-state index is 12.4. The topological polar surface area (TPSA) is 148 Å². The fraction of sp³-hybridized carbons (Fsp3) is 0.409. The zero-order valence-electron chi connectivity index (χ0n) is 18.2. The largest absolute Gasteiger partial charge is 0.379 e. The summed E-state index contributed by atoms with van der Waals surface area (Å²) in [4.78, 5) is 30.7. The Balaban J connectivity index is 1.32. The van der Waals surface area contributed by atoms with Gasteiger partial charge in [-0.25, -0.2) is 0 Å². The van der Waals surface area contributed by atoms with Gasteiger partial charge in [-0.2, -0.15) is 0 Å². The van der Waals surface area contributed by atoms with Crippen LogP contribution < -0.4 is 10.6 Å². The van der Waals surface area contributed by atoms with Gasteiger partial charge in [0.25, 0.3) is 5.91 Å². The second kappa shape index (κ2) is 13.1. The van der Waals surface area contributed by atoms with E-state index in [4.69, 9.17) is 19.7 Å². The fourth-order valence-corrected chi connectivity index (χ4v) is 3.15. The Morgan fingerprint density at radius 3 is 2.58 bits per heavy atom. The number of fused-ring (bicyclic) bond motifs is 1. The van der Waals surface area contributed by atoms with Crippen LogP contribution >= 0.6 is 0 Å². The molecule has 0 aliphatic carbocycles. The molecule has 11 heteroatoms. The van der Waals surface area contributed by atoms with Crippen LogP contribution in [0.25, 0.3) is 21.6 Å². The van der Waals surface area contributed by atoms with Crippen molar-refractivity contribution >= 4 is 17.5 Å². The minimum absolute atomic E-state index is 0.0151. The van der Waals surface area contributed by atoms with Crippen LogP contribution in [-0.2, 0) is 25.4 Å². The average molecular weight is 454 g/mol. The van der Waals surface area contributed by atoms with Crippen molar-refractivity contribution in [3.8, 4) is 11.1 Å². The van der Waals surface area contributed by atoms with Crippen LogP contribution in [0.4, 0.5) is 5.69 Å². The molecule has 0 unspecified atom stereocenters. The highest BCUT2D eigenvalue weighted by molar-refractivity contribution is 6.00. The summed E-state index contributed by atoms with van der Waals surface area (Å²) in [6.07, 6.45) is 1.98. The predicted octanol–water partition coefficient (Wildman–Crippen LogP) is 2.33. The van der Waals surface area contributed by atoms with Crippen molar-refractivity contribution in [1.82, 2.24) is 10.3 Å². The van der Waals surface area contributed by atoms with Crippen LogP contribution in [0.1, 0.15) is 16.1 Å². The number of ether oxygens (including phenoxy) is 3. The van der Waals surface area contributed by atoms with E-state index in [1.165, 1.54) is 0 Å². The summed E-state index contributed by atoms with van der Waals surface area (Å²) in [5.41, 5.74) is 12.0. The number of carbonyl (C=O) groups excluding carboxylic acids is 2. The molecule has 2 amide bonds. The lowest BCUT2D eigenvalue weighted by atomic mass is 10.0. The van der Waals surface area contributed by atoms with Gasteiger partial charge in [-0.15, -0.1) is 0 Å². The van der Waals surface area contributed by atoms with Crippen molar-refractivity contribution in [1.29, 1.82) is 0 Å². The van der Waals surface area contributed by atoms with Crippen LogP contribution in [0, 0.1) is 0 Å². The summed E-state index contributed by atoms with van der Waals surface area (Å²) in [6.45, 7) is 3.03. The van der Waals surface area contributed by atoms with Gasteiger partial charge in [0.15, 0.2) is 0 Å². The molecular weight excluding hydrogens is 428 g/mol. The number of pyridine rings is 1. The zero-order valence-corrected chi connectivity index (χ0v) is 18.2. The molecule has 0 spiro atoms. The molecule has 1 aromatic carbocycles. The van der Waals surface area contributed by atoms with E-state index >= 15 is 0 Å². The van der Waals surface area contributed by atoms with Crippen molar-refractivity contribution in [2.45, 2.75) is 6.42 Å². The van der Waals surface area contributed by atoms with Gasteiger partial charge in [-0.3, -0.25) is 14.6 Å². The van der Waals surface area contributed by atoms with E-state index < -0.39 is 0 Å². The van der Waals surface area contributed by atoms with Crippen LogP contribution in [0.3, 0.4) is 0 Å². The number of azide groups is 1. The lowest BCUT2D eigenvalue weighted by molar-refractivity contribution is -0.115. The van der Waals surface area contributed by atoms with Crippen LogP contribution in [0.15, 0.2) is 41.6 Å². The summed E-state index contributed by atoms with van der Waals surface area (Å²) in [7, 11) is 0. The van der Waals surface area contributed by atoms with Crippen molar-refractivity contribution < 1.29 is 23.8 Å². The number of nitrogens with zero attached hydrogens (tertiary/aromatic N) is 4. The number of benzene rings is 1. The number of amides is 2. The molecule has 2 N–H and O–H groups in total. The number of hydrogen-bond donors (Lipinski definition) is 2. The maximum atomic E-state index is 12.4. The molecule has 0 fully saturated rings. The van der Waals surface area contributed by atoms with Gasteiger partial charge in [-0.05, 0) is 40.4 Å². The Morgan fingerprint density at radius 1 is 1.06 bits per heavy atom. The van der Waals surface area contributed by atoms with E-state index in [2.05, 4.69) is 25.6 Å². The fourth-order valence-electron chi connectivity index (χ4n) is 3.15. The van der Waals surface area contributed by atoms with E-state index in [1.807, 2.05) is 24.3 Å². The smallest absolute Gasteiger partial charge is 0.269 e. The predicted molar refractivity (Wildman–Crippen MR) is 121 cm³/mol. The van der Waals surface area contributed by atoms with Gasteiger partial charge in [0, 0.05) is 29.9 Å². The van der Waals surface area contributed by atoms with E-state index in [9.17, 15) is 9.59 Å². The zero-order chi connectivity index (χ0) is 23.3. The number of hydrogen-bond acceptors (Lipinski definition) is 7. The highest BCUT2D eigenvalue weighted by atomic mass is 16.5. The first-order chi connectivity index (χ1) is 16.2. The molecule has 174 valence electrons. The van der Waals surface area contributed by atoms with E-state index in [0.717, 1.165) is 22.4 Å². The lowest BCUT2D eigenvalue weighted by Crippen LogP contribution is -2.28. The van der Waals surface area contributed by atoms with Crippen LogP contribution in [0.5, 0.6) is 0 Å². The Bertz CT molecular complexity index is 1010. The molecule has 0 bridgehead atoms. The first kappa shape index (κ1) is 24.1. The molecule has 0 atom stereocenters. The summed E-state index contributed by atoms with van der Waals surface area (Å²) in [5, 5.41) is 8.98. The van der Waals surface area contributed by atoms with E-state index in [-0.39, 0.29) is 11.8 Å². The van der Waals surface area contributed by atoms with Gasteiger partial charge in [-0.1, -0.05) is 17.2 Å². The summed E-state index contributed by atoms with van der Waals surface area (Å²) < 4.78 is 16.0. The van der Waals surface area contributed by atoms with Crippen LogP contribution in [-0.4, -0.2) is 69.5 Å². The molecule has 0 saturated heterocycles. The third-order valence-corrected chi connectivity index (χ3v) is 4.74. The SMILES string of the molecule is [N-]=[N+]=NCCOCCOCCOCCNC(=O)c1cc(-c2ccc3c(c2)NC(=O)C3)ccn1. The molecule has 11 nitrogen and oxygen atoms in total. The number of aromatic nitrogens is 1. The van der Waals surface area contributed by atoms with Gasteiger partial charge in [0.05, 0.1) is 46.1 Å². The maximum Gasteiger partial charge on any atom is 0.269 e. The van der Waals surface area contributed by atoms with Crippen LogP contribution in [0.2, 0.25) is 0 Å². The van der Waals surface area contributed by atoms with E-state index in [1.54, 1.807) is 12.3 Å². The molecule has 1 aromatic heterocycles. The molecule has 0 radical (unpaired) electrons. The van der Waals surface area contributed by atoms with Crippen molar-refractivity contribution in [3.63, 3.8) is 0 Å². The lowest BCUT2D eigenvalue weighted by Gasteiger charge is -2.09. The number of nitrogens with one attached hydrogen (secondary N) is 2. The molecule has 3 rings (SSSR count). The van der Waals surface area contributed by atoms with Crippen molar-refractivity contribution in [2.75, 3.05) is 58.0 Å². The number of rotatable bonds is 14. The third-order valence-electron chi connectivity index (χ3n) is 4.74. The quantitative estimate of drug-likeness (QED) is 0.194. The Morgan fingerprint density at radius 2 is 1.79 bits per heavy atom. The van der Waals surface area contributed by atoms with Gasteiger partial charge in [0.1, 0.15) is 5.69 Å². The Labute approximate surface area is 191 Å². The molecule has 1 aliphatic heterocycles. The van der Waals surface area contributed by atoms with Gasteiger partial charge in [0.2, 0.25) is 5.91 Å². The molecule has 2 aromatic rings. The molecular formula is C22H26N6O5. The molecule has 1 aliphatic rings. The normalized spacial score (nSPS) is 12.1. The molecule has 2 heterocycles. The summed E-state index contributed by atoms with van der Waals surface area (Å²) >= 11 is 0. The minimum Gasteiger partial charge on any atom is -0.379 e. The minimum atomic E-state index is -0.288. The number of anilines is 1. The summed E-state index contributed by atoms with van der Waals surface area (Å²) in [6, 6.07) is 9.30. The third kappa shape index (κ3) is 7.85. The molecule has 33 heavy (non-hydrogen) atoms. The first-order valence-corrected chi connectivity index (χ1v) is 10.6. The second-order valence-corrected chi connectivity index (χ2v) is 7.07. The van der Waals surface area contributed by atoms with Crippen molar-refractivity contribution in [3.05, 3.63) is 58.2 Å². The highest BCUT2D eigenvalue weighted by Gasteiger charge is 2.18. The van der Waals surface area contributed by atoms with Gasteiger partial charge < -0.3 is 24.8 Å². The van der Waals surface area contributed by atoms with Crippen molar-refractivity contribution in [2.24, 2.45) is 5.11 Å². The highest BCUT2D eigenvalue weighted by Crippen LogP contribution is 2.29. The summed E-state index contributed by atoms with van der Waals surface area (Å²) in [5.74, 6) is -0.303. The Kier molecular flexibility index (Phi) is 9.62. The molecule has 0 saturated carbocycles. The average Bonchev–Trinajstić information content (AvgIpc) is 3.21. The van der Waals surface area contributed by atoms with Gasteiger partial charge >= 0.3 is 0 Å². The monoisotopic (exact) mass is 454 g/mol. The van der Waals surface area contributed by atoms with E-state index in [0.29, 0.717) is 64.8 Å².